The smallest absolute Gasteiger partial charge is 0.227 e. The second-order valence-corrected chi connectivity index (χ2v) is 6.87. The van der Waals surface area contributed by atoms with Crippen molar-refractivity contribution in [3.8, 4) is 0 Å². The van der Waals surface area contributed by atoms with E-state index in [1.54, 1.807) is 12.5 Å². The minimum Gasteiger partial charge on any atom is -0.365 e. The Morgan fingerprint density at radius 2 is 1.78 bits per heavy atom. The molecule has 0 atom stereocenters. The molecule has 1 aliphatic rings. The molecule has 0 saturated heterocycles. The Hall–Kier alpha value is -3.08. The number of nitrogens with one attached hydrogen (secondary N) is 1. The number of amides is 1. The average Bonchev–Trinajstić information content (AvgIpc) is 3.16. The summed E-state index contributed by atoms with van der Waals surface area (Å²) in [5.74, 6) is 0.165. The number of hydrogen-bond donors (Lipinski definition) is 1. The first-order valence-electron chi connectivity index (χ1n) is 9.47. The number of fused-ring (bicyclic) bond motifs is 1. The van der Waals surface area contributed by atoms with Gasteiger partial charge in [0.15, 0.2) is 0 Å². The quantitative estimate of drug-likeness (QED) is 0.753. The van der Waals surface area contributed by atoms with Gasteiger partial charge in [-0.05, 0) is 30.5 Å². The lowest BCUT2D eigenvalue weighted by Gasteiger charge is -2.27. The van der Waals surface area contributed by atoms with Gasteiger partial charge >= 0.3 is 0 Å². The Morgan fingerprint density at radius 1 is 1.00 bits per heavy atom. The third-order valence-electron chi connectivity index (χ3n) is 5.00. The van der Waals surface area contributed by atoms with Gasteiger partial charge in [-0.2, -0.15) is 0 Å². The molecule has 0 spiro atoms. The van der Waals surface area contributed by atoms with Crippen LogP contribution in [0.4, 0.5) is 11.4 Å². The van der Waals surface area contributed by atoms with E-state index in [0.29, 0.717) is 12.8 Å². The molecule has 2 aromatic carbocycles. The number of anilines is 2. The number of imidazole rings is 1. The number of carbonyl (C=O) groups excluding carboxylic acids is 1. The first-order valence-corrected chi connectivity index (χ1v) is 9.47. The molecule has 0 bridgehead atoms. The van der Waals surface area contributed by atoms with Crippen molar-refractivity contribution in [1.29, 1.82) is 0 Å². The zero-order valence-electron chi connectivity index (χ0n) is 15.3. The number of aryl methyl sites for hydroxylation is 1. The third kappa shape index (κ3) is 4.03. The third-order valence-corrected chi connectivity index (χ3v) is 5.00. The molecule has 0 unspecified atom stereocenters. The first-order chi connectivity index (χ1) is 13.3. The van der Waals surface area contributed by atoms with Crippen molar-refractivity contribution in [2.24, 2.45) is 0 Å². The fraction of sp³-hybridized carbons (Fsp3) is 0.273. The van der Waals surface area contributed by atoms with Crippen LogP contribution in [0.5, 0.6) is 0 Å². The lowest BCUT2D eigenvalue weighted by atomic mass is 10.1. The summed E-state index contributed by atoms with van der Waals surface area (Å²) in [5.41, 5.74) is 4.43. The molecule has 0 saturated carbocycles. The van der Waals surface area contributed by atoms with Crippen LogP contribution in [0.25, 0.3) is 0 Å². The van der Waals surface area contributed by atoms with E-state index in [1.807, 2.05) is 17.0 Å². The van der Waals surface area contributed by atoms with Crippen LogP contribution >= 0.6 is 0 Å². The summed E-state index contributed by atoms with van der Waals surface area (Å²) in [6.45, 7) is 2.55. The van der Waals surface area contributed by atoms with E-state index in [0.717, 1.165) is 43.1 Å². The van der Waals surface area contributed by atoms with Crippen LogP contribution in [0.1, 0.15) is 24.1 Å². The van der Waals surface area contributed by atoms with Gasteiger partial charge in [0.05, 0.1) is 17.7 Å². The van der Waals surface area contributed by atoms with E-state index in [1.165, 1.54) is 5.56 Å². The lowest BCUT2D eigenvalue weighted by Crippen LogP contribution is -2.31. The SMILES string of the molecule is O=C(CCc1cnc[nH]1)N1CCCN(Cc2ccccc2)c2ccccc21. The molecule has 0 fully saturated rings. The number of hydrogen-bond acceptors (Lipinski definition) is 3. The van der Waals surface area contributed by atoms with Gasteiger partial charge in [0.1, 0.15) is 0 Å². The number of carbonyl (C=O) groups is 1. The van der Waals surface area contributed by atoms with Crippen LogP contribution in [-0.4, -0.2) is 29.0 Å². The predicted molar refractivity (Wildman–Crippen MR) is 108 cm³/mol. The van der Waals surface area contributed by atoms with Crippen molar-refractivity contribution in [3.63, 3.8) is 0 Å². The number of para-hydroxylation sites is 2. The number of benzene rings is 2. The molecule has 1 N–H and O–H groups in total. The van der Waals surface area contributed by atoms with Gasteiger partial charge in [0.2, 0.25) is 5.91 Å². The van der Waals surface area contributed by atoms with Gasteiger partial charge < -0.3 is 14.8 Å². The molecule has 3 aromatic rings. The average molecular weight is 360 g/mol. The molecule has 4 rings (SSSR count). The molecule has 5 heteroatoms. The van der Waals surface area contributed by atoms with Gasteiger partial charge in [-0.3, -0.25) is 4.79 Å². The molecule has 1 aromatic heterocycles. The normalized spacial score (nSPS) is 13.9. The minimum atomic E-state index is 0.165. The molecule has 0 radical (unpaired) electrons. The zero-order chi connectivity index (χ0) is 18.5. The fourth-order valence-electron chi connectivity index (χ4n) is 3.65. The van der Waals surface area contributed by atoms with Crippen molar-refractivity contribution in [3.05, 3.63) is 78.4 Å². The second-order valence-electron chi connectivity index (χ2n) is 6.87. The van der Waals surface area contributed by atoms with Crippen LogP contribution in [0, 0.1) is 0 Å². The standard InChI is InChI=1S/C22H24N4O/c27-22(12-11-19-15-23-17-24-19)26-14-6-13-25(16-18-7-2-1-3-8-18)20-9-4-5-10-21(20)26/h1-5,7-10,15,17H,6,11-14,16H2,(H,23,24). The molecule has 1 amide bonds. The van der Waals surface area contributed by atoms with E-state index in [9.17, 15) is 4.79 Å². The van der Waals surface area contributed by atoms with Crippen LogP contribution < -0.4 is 9.80 Å². The highest BCUT2D eigenvalue weighted by Crippen LogP contribution is 2.33. The Kier molecular flexibility index (Phi) is 5.19. The number of H-pyrrole nitrogens is 1. The fourth-order valence-corrected chi connectivity index (χ4v) is 3.65. The van der Waals surface area contributed by atoms with Crippen LogP contribution in [0.15, 0.2) is 67.1 Å². The molecule has 27 heavy (non-hydrogen) atoms. The van der Waals surface area contributed by atoms with Gasteiger partial charge in [0.25, 0.3) is 0 Å². The van der Waals surface area contributed by atoms with Crippen molar-refractivity contribution in [2.45, 2.75) is 25.8 Å². The van der Waals surface area contributed by atoms with E-state index in [-0.39, 0.29) is 5.91 Å². The summed E-state index contributed by atoms with van der Waals surface area (Å²) >= 11 is 0. The van der Waals surface area contributed by atoms with Crippen LogP contribution in [-0.2, 0) is 17.8 Å². The summed E-state index contributed by atoms with van der Waals surface area (Å²) in [6.07, 6.45) is 5.56. The van der Waals surface area contributed by atoms with E-state index in [4.69, 9.17) is 0 Å². The second kappa shape index (κ2) is 8.08. The zero-order valence-corrected chi connectivity index (χ0v) is 15.3. The first kappa shape index (κ1) is 17.3. The van der Waals surface area contributed by atoms with Crippen molar-refractivity contribution in [2.75, 3.05) is 22.9 Å². The minimum absolute atomic E-state index is 0.165. The van der Waals surface area contributed by atoms with E-state index in [2.05, 4.69) is 57.3 Å². The monoisotopic (exact) mass is 360 g/mol. The van der Waals surface area contributed by atoms with Crippen LogP contribution in [0.3, 0.4) is 0 Å². The summed E-state index contributed by atoms with van der Waals surface area (Å²) < 4.78 is 0. The lowest BCUT2D eigenvalue weighted by molar-refractivity contribution is -0.118. The molecule has 138 valence electrons. The van der Waals surface area contributed by atoms with Crippen molar-refractivity contribution in [1.82, 2.24) is 9.97 Å². The number of rotatable bonds is 5. The topological polar surface area (TPSA) is 52.2 Å². The number of aromatic amines is 1. The van der Waals surface area contributed by atoms with Gasteiger partial charge in [-0.1, -0.05) is 42.5 Å². The van der Waals surface area contributed by atoms with Crippen LogP contribution in [0.2, 0.25) is 0 Å². The maximum Gasteiger partial charge on any atom is 0.227 e. The van der Waals surface area contributed by atoms with Crippen molar-refractivity contribution >= 4 is 17.3 Å². The Bertz CT molecular complexity index is 876. The summed E-state index contributed by atoms with van der Waals surface area (Å²) in [7, 11) is 0. The number of nitrogens with zero attached hydrogens (tertiary/aromatic N) is 3. The van der Waals surface area contributed by atoms with E-state index < -0.39 is 0 Å². The molecule has 5 nitrogen and oxygen atoms in total. The number of aromatic nitrogens is 2. The van der Waals surface area contributed by atoms with Crippen molar-refractivity contribution < 1.29 is 4.79 Å². The maximum absolute atomic E-state index is 12.9. The van der Waals surface area contributed by atoms with E-state index >= 15 is 0 Å². The molecule has 2 heterocycles. The molecular weight excluding hydrogens is 336 g/mol. The maximum atomic E-state index is 12.9. The van der Waals surface area contributed by atoms with Gasteiger partial charge in [-0.15, -0.1) is 0 Å². The molecule has 1 aliphatic heterocycles. The molecule has 0 aliphatic carbocycles. The molecular formula is C22H24N4O. The van der Waals surface area contributed by atoms with Gasteiger partial charge in [0, 0.05) is 37.9 Å². The largest absolute Gasteiger partial charge is 0.365 e. The highest BCUT2D eigenvalue weighted by molar-refractivity contribution is 5.97. The predicted octanol–water partition coefficient (Wildman–Crippen LogP) is 3.79. The summed E-state index contributed by atoms with van der Waals surface area (Å²) in [4.78, 5) is 24.4. The van der Waals surface area contributed by atoms with Gasteiger partial charge in [-0.25, -0.2) is 4.98 Å². The summed E-state index contributed by atoms with van der Waals surface area (Å²) in [6, 6.07) is 18.7. The Balaban J connectivity index is 1.54. The Morgan fingerprint density at radius 3 is 2.56 bits per heavy atom. The highest BCUT2D eigenvalue weighted by atomic mass is 16.2. The summed E-state index contributed by atoms with van der Waals surface area (Å²) in [5, 5.41) is 0. The highest BCUT2D eigenvalue weighted by Gasteiger charge is 2.24. The Labute approximate surface area is 159 Å².